The number of carbonyl (C=O) groups is 1. The quantitative estimate of drug-likeness (QED) is 0.115. The predicted molar refractivity (Wildman–Crippen MR) is 172 cm³/mol. The molecule has 0 aliphatic carbocycles. The van der Waals surface area contributed by atoms with E-state index in [2.05, 4.69) is 34.1 Å². The number of halogens is 3. The molecule has 0 saturated carbocycles. The minimum atomic E-state index is -4.38. The summed E-state index contributed by atoms with van der Waals surface area (Å²) in [6.45, 7) is 9.21. The van der Waals surface area contributed by atoms with Gasteiger partial charge in [0.05, 0.1) is 17.9 Å². The monoisotopic (exact) mass is 655 g/mol. The molecule has 5 rings (SSSR count). The molecule has 6 nitrogen and oxygen atoms in total. The summed E-state index contributed by atoms with van der Waals surface area (Å²) < 4.78 is 50.1. The first-order chi connectivity index (χ1) is 21.7. The average Bonchev–Trinajstić information content (AvgIpc) is 3.43. The van der Waals surface area contributed by atoms with Crippen molar-refractivity contribution >= 4 is 29.1 Å². The number of esters is 1. The molecule has 3 aromatic carbocycles. The molecule has 0 spiro atoms. The maximum absolute atomic E-state index is 13.2. The van der Waals surface area contributed by atoms with Crippen molar-refractivity contribution < 1.29 is 27.4 Å². The number of aromatic nitrogens is 1. The Kier molecular flexibility index (Phi) is 11.2. The van der Waals surface area contributed by atoms with E-state index in [1.54, 1.807) is 18.7 Å². The Labute approximate surface area is 270 Å². The van der Waals surface area contributed by atoms with Gasteiger partial charge in [-0.25, -0.2) is 9.78 Å². The second-order valence-electron chi connectivity index (χ2n) is 10.8. The van der Waals surface area contributed by atoms with Crippen LogP contribution in [0.2, 0.25) is 0 Å². The Bertz CT molecular complexity index is 1550. The highest BCUT2D eigenvalue weighted by atomic mass is 32.2. The molecule has 1 aliphatic rings. The largest absolute Gasteiger partial charge is 0.482 e. The number of thiazole rings is 1. The number of rotatable bonds is 12. The van der Waals surface area contributed by atoms with Crippen LogP contribution in [0.25, 0.3) is 10.6 Å². The molecule has 1 fully saturated rings. The number of piperazine rings is 1. The van der Waals surface area contributed by atoms with Crippen LogP contribution in [-0.4, -0.2) is 60.1 Å². The van der Waals surface area contributed by atoms with E-state index in [0.717, 1.165) is 70.9 Å². The first-order valence-electron chi connectivity index (χ1n) is 14.8. The molecular formula is C34H36F3N3O3S2. The third kappa shape index (κ3) is 9.32. The third-order valence-electron chi connectivity index (χ3n) is 7.49. The molecule has 238 valence electrons. The molecule has 0 amide bonds. The number of carbonyl (C=O) groups excluding carboxylic acids is 1. The molecule has 1 aliphatic heterocycles. The van der Waals surface area contributed by atoms with E-state index in [1.165, 1.54) is 29.0 Å². The highest BCUT2D eigenvalue weighted by Crippen LogP contribution is 2.36. The molecular weight excluding hydrogens is 620 g/mol. The number of ether oxygens (including phenoxy) is 2. The lowest BCUT2D eigenvalue weighted by Crippen LogP contribution is -2.45. The summed E-state index contributed by atoms with van der Waals surface area (Å²) in [5.41, 5.74) is 3.19. The fraction of sp³-hybridized carbons (Fsp3) is 0.353. The minimum Gasteiger partial charge on any atom is -0.482 e. The zero-order valence-electron chi connectivity index (χ0n) is 25.3. The standard InChI is InChI=1S/C34H36F3N3O3S2/c1-3-42-32(41)22-43-30-14-13-28(19-24(30)2)44-23-31-29(38-33(45-31)26-9-11-27(12-10-26)34(35,36)37)21-40-17-15-39(16-18-40)20-25-7-5-4-6-8-25/h4-14,19H,3,15-18,20-23H2,1-2H3. The number of benzene rings is 3. The second-order valence-corrected chi connectivity index (χ2v) is 12.9. The lowest BCUT2D eigenvalue weighted by molar-refractivity contribution is -0.145. The van der Waals surface area contributed by atoms with Crippen LogP contribution in [0, 0.1) is 6.92 Å². The fourth-order valence-electron chi connectivity index (χ4n) is 5.07. The van der Waals surface area contributed by atoms with Crippen LogP contribution in [-0.2, 0) is 34.6 Å². The van der Waals surface area contributed by atoms with E-state index in [4.69, 9.17) is 14.5 Å². The van der Waals surface area contributed by atoms with E-state index >= 15 is 0 Å². The molecule has 0 N–H and O–H groups in total. The Balaban J connectivity index is 1.27. The number of aryl methyl sites for hydroxylation is 1. The van der Waals surface area contributed by atoms with E-state index < -0.39 is 17.7 Å². The van der Waals surface area contributed by atoms with Gasteiger partial charge >= 0.3 is 12.1 Å². The Morgan fingerprint density at radius 3 is 2.29 bits per heavy atom. The molecule has 0 bridgehead atoms. The van der Waals surface area contributed by atoms with Crippen molar-refractivity contribution in [3.8, 4) is 16.3 Å². The summed E-state index contributed by atoms with van der Waals surface area (Å²) in [5.74, 6) is 0.890. The van der Waals surface area contributed by atoms with Crippen LogP contribution in [0.1, 0.15) is 34.2 Å². The third-order valence-corrected chi connectivity index (χ3v) is 9.84. The van der Waals surface area contributed by atoms with Gasteiger partial charge in [0.15, 0.2) is 6.61 Å². The maximum Gasteiger partial charge on any atom is 0.416 e. The van der Waals surface area contributed by atoms with Crippen molar-refractivity contribution in [1.82, 2.24) is 14.8 Å². The minimum absolute atomic E-state index is 0.140. The molecule has 0 atom stereocenters. The molecule has 0 unspecified atom stereocenters. The van der Waals surface area contributed by atoms with Crippen LogP contribution >= 0.6 is 23.1 Å². The van der Waals surface area contributed by atoms with Gasteiger partial charge in [-0.05, 0) is 55.3 Å². The van der Waals surface area contributed by atoms with Gasteiger partial charge in [-0.2, -0.15) is 13.2 Å². The van der Waals surface area contributed by atoms with Crippen molar-refractivity contribution in [2.75, 3.05) is 39.4 Å². The Morgan fingerprint density at radius 2 is 1.64 bits per heavy atom. The first kappa shape index (κ1) is 33.0. The topological polar surface area (TPSA) is 54.9 Å². The van der Waals surface area contributed by atoms with Crippen LogP contribution in [0.3, 0.4) is 0 Å². The summed E-state index contributed by atoms with van der Waals surface area (Å²) in [6, 6.07) is 21.5. The van der Waals surface area contributed by atoms with Crippen molar-refractivity contribution in [2.24, 2.45) is 0 Å². The summed E-state index contributed by atoms with van der Waals surface area (Å²) in [7, 11) is 0. The van der Waals surface area contributed by atoms with Gasteiger partial charge in [0.2, 0.25) is 0 Å². The molecule has 4 aromatic rings. The molecule has 1 saturated heterocycles. The van der Waals surface area contributed by atoms with E-state index in [1.807, 2.05) is 31.2 Å². The molecule has 1 aromatic heterocycles. The van der Waals surface area contributed by atoms with Gasteiger partial charge in [-0.1, -0.05) is 42.5 Å². The van der Waals surface area contributed by atoms with Crippen molar-refractivity contribution in [1.29, 1.82) is 0 Å². The number of thioether (sulfide) groups is 1. The molecule has 11 heteroatoms. The van der Waals surface area contributed by atoms with E-state index in [0.29, 0.717) is 30.2 Å². The summed E-state index contributed by atoms with van der Waals surface area (Å²) >= 11 is 3.20. The van der Waals surface area contributed by atoms with Crippen molar-refractivity contribution in [3.63, 3.8) is 0 Å². The van der Waals surface area contributed by atoms with Crippen LogP contribution < -0.4 is 4.74 Å². The average molecular weight is 656 g/mol. The predicted octanol–water partition coefficient (Wildman–Crippen LogP) is 7.69. The molecule has 2 heterocycles. The summed E-state index contributed by atoms with van der Waals surface area (Å²) in [6.07, 6.45) is -4.38. The normalized spacial score (nSPS) is 14.4. The highest BCUT2D eigenvalue weighted by Gasteiger charge is 2.30. The fourth-order valence-corrected chi connectivity index (χ4v) is 7.24. The molecule has 0 radical (unpaired) electrons. The van der Waals surface area contributed by atoms with Gasteiger partial charge < -0.3 is 9.47 Å². The second kappa shape index (κ2) is 15.3. The maximum atomic E-state index is 13.2. The highest BCUT2D eigenvalue weighted by molar-refractivity contribution is 7.98. The van der Waals surface area contributed by atoms with Crippen LogP contribution in [0.5, 0.6) is 5.75 Å². The number of nitrogens with zero attached hydrogens (tertiary/aromatic N) is 3. The summed E-state index contributed by atoms with van der Waals surface area (Å²) in [4.78, 5) is 23.6. The lowest BCUT2D eigenvalue weighted by atomic mass is 10.1. The first-order valence-corrected chi connectivity index (χ1v) is 16.6. The van der Waals surface area contributed by atoms with E-state index in [-0.39, 0.29) is 6.61 Å². The van der Waals surface area contributed by atoms with Crippen LogP contribution in [0.15, 0.2) is 77.7 Å². The lowest BCUT2D eigenvalue weighted by Gasteiger charge is -2.34. The number of hydrogen-bond acceptors (Lipinski definition) is 8. The SMILES string of the molecule is CCOC(=O)COc1ccc(SCc2sc(-c3ccc(C(F)(F)F)cc3)nc2CN2CCN(Cc3ccccc3)CC2)cc1C. The Hall–Kier alpha value is -3.38. The van der Waals surface area contributed by atoms with Gasteiger partial charge in [0.25, 0.3) is 0 Å². The van der Waals surface area contributed by atoms with Crippen LogP contribution in [0.4, 0.5) is 13.2 Å². The summed E-state index contributed by atoms with van der Waals surface area (Å²) in [5, 5.41) is 0.718. The zero-order chi connectivity index (χ0) is 31.8. The number of alkyl halides is 3. The van der Waals surface area contributed by atoms with Crippen molar-refractivity contribution in [2.45, 2.75) is 43.8 Å². The zero-order valence-corrected chi connectivity index (χ0v) is 26.9. The number of hydrogen-bond donors (Lipinski definition) is 0. The van der Waals surface area contributed by atoms with Gasteiger partial charge in [0.1, 0.15) is 10.8 Å². The smallest absolute Gasteiger partial charge is 0.416 e. The van der Waals surface area contributed by atoms with E-state index in [9.17, 15) is 18.0 Å². The van der Waals surface area contributed by atoms with Gasteiger partial charge in [-0.15, -0.1) is 23.1 Å². The van der Waals surface area contributed by atoms with Gasteiger partial charge in [-0.3, -0.25) is 9.80 Å². The molecule has 45 heavy (non-hydrogen) atoms. The van der Waals surface area contributed by atoms with Gasteiger partial charge in [0, 0.05) is 60.4 Å². The Morgan fingerprint density at radius 1 is 0.956 bits per heavy atom. The van der Waals surface area contributed by atoms with Crippen molar-refractivity contribution in [3.05, 3.63) is 100 Å².